The van der Waals surface area contributed by atoms with E-state index in [4.69, 9.17) is 9.72 Å². The van der Waals surface area contributed by atoms with Gasteiger partial charge in [-0.3, -0.25) is 0 Å². The molecule has 0 saturated heterocycles. The average Bonchev–Trinajstić information content (AvgIpc) is 3.75. The maximum atomic E-state index is 6.85. The number of hydrogen-bond donors (Lipinski definition) is 0. The van der Waals surface area contributed by atoms with Gasteiger partial charge in [0, 0.05) is 55.1 Å². The Kier molecular flexibility index (Phi) is 8.62. The minimum absolute atomic E-state index is 0. The van der Waals surface area contributed by atoms with Crippen molar-refractivity contribution in [2.24, 2.45) is 7.05 Å². The van der Waals surface area contributed by atoms with Crippen LogP contribution in [0, 0.1) is 18.5 Å². The molecule has 0 atom stereocenters. The molecule has 3 aromatic heterocycles. The second kappa shape index (κ2) is 13.4. The molecule has 11 rings (SSSR count). The zero-order valence-corrected chi connectivity index (χ0v) is 38.4. The van der Waals surface area contributed by atoms with Crippen molar-refractivity contribution in [3.63, 3.8) is 0 Å². The predicted octanol–water partition coefficient (Wildman–Crippen LogP) is 12.1. The van der Waals surface area contributed by atoms with E-state index in [1.54, 1.807) is 0 Å². The summed E-state index contributed by atoms with van der Waals surface area (Å²) >= 11 is 0. The number of aryl methyl sites for hydroxylation is 1. The van der Waals surface area contributed by atoms with Crippen LogP contribution in [0.2, 0.25) is 0 Å². The van der Waals surface area contributed by atoms with Gasteiger partial charge in [-0.05, 0) is 73.4 Å². The molecule has 6 heteroatoms. The zero-order chi connectivity index (χ0) is 41.5. The van der Waals surface area contributed by atoms with Crippen LogP contribution in [-0.4, -0.2) is 14.1 Å². The van der Waals surface area contributed by atoms with E-state index in [0.717, 1.165) is 44.3 Å². The first-order chi connectivity index (χ1) is 28.7. The molecule has 2 aliphatic rings. The van der Waals surface area contributed by atoms with Crippen molar-refractivity contribution in [1.82, 2.24) is 14.1 Å². The summed E-state index contributed by atoms with van der Waals surface area (Å²) in [4.78, 5) is 4.73. The Morgan fingerprint density at radius 2 is 1.25 bits per heavy atom. The fourth-order valence-corrected chi connectivity index (χ4v) is 10.7. The summed E-state index contributed by atoms with van der Waals surface area (Å²) in [5, 5.41) is 2.24. The monoisotopic (exact) mass is 975 g/mol. The fourth-order valence-electron chi connectivity index (χ4n) is 10.7. The van der Waals surface area contributed by atoms with E-state index in [-0.39, 0.29) is 37.3 Å². The average molecular weight is 976 g/mol. The predicted molar refractivity (Wildman–Crippen MR) is 241 cm³/mol. The largest absolute Gasteiger partial charge is 0.510 e. The van der Waals surface area contributed by atoms with Crippen molar-refractivity contribution < 1.29 is 30.4 Å². The van der Waals surface area contributed by atoms with E-state index in [1.165, 1.54) is 44.5 Å². The zero-order valence-electron chi connectivity index (χ0n) is 36.1. The van der Waals surface area contributed by atoms with Crippen molar-refractivity contribution in [2.45, 2.75) is 77.0 Å². The van der Waals surface area contributed by atoms with Crippen molar-refractivity contribution >= 4 is 32.8 Å². The molecule has 5 nitrogen and oxygen atoms in total. The van der Waals surface area contributed by atoms with E-state index >= 15 is 0 Å². The molecule has 306 valence electrons. The maximum Gasteiger partial charge on any atom is 0.242 e. The van der Waals surface area contributed by atoms with E-state index in [1.807, 2.05) is 30.5 Å². The summed E-state index contributed by atoms with van der Waals surface area (Å²) in [6.45, 7) is 19.0. The summed E-state index contributed by atoms with van der Waals surface area (Å²) in [5.74, 6) is 2.06. The first-order valence-corrected chi connectivity index (χ1v) is 21.0. The van der Waals surface area contributed by atoms with Crippen molar-refractivity contribution in [1.29, 1.82) is 0 Å². The van der Waals surface area contributed by atoms with Gasteiger partial charge in [-0.15, -0.1) is 35.2 Å². The number of fused-ring (bicyclic) bond motifs is 11. The Labute approximate surface area is 372 Å². The minimum atomic E-state index is -0.679. The molecule has 0 fully saturated rings. The minimum Gasteiger partial charge on any atom is -0.510 e. The van der Waals surface area contributed by atoms with Gasteiger partial charge >= 0.3 is 0 Å². The third-order valence-electron chi connectivity index (χ3n) is 13.3. The SMILES string of the molecule is C[n+]1[c-]n2c3c(cccc31)C1(c3ccc(Oc4[c-]c5c(cc4)c4ccccc4n5-c4ccccn4)[c-]c3-2)c2c(C(C)(C)C)cccc2C(C)(C)c2cccc(C(C)(C)C)c21.[Pt]. The van der Waals surface area contributed by atoms with E-state index in [0.29, 0.717) is 11.5 Å². The van der Waals surface area contributed by atoms with Crippen LogP contribution in [0.5, 0.6) is 11.5 Å². The molecule has 4 heterocycles. The third-order valence-corrected chi connectivity index (χ3v) is 13.3. The molecular formula is C55H48N4OPt-2. The number of imidazole rings is 1. The molecule has 1 aliphatic carbocycles. The van der Waals surface area contributed by atoms with Crippen molar-refractivity contribution in [2.75, 3.05) is 0 Å². The summed E-state index contributed by atoms with van der Waals surface area (Å²) in [6, 6.07) is 51.4. The molecule has 9 aromatic rings. The van der Waals surface area contributed by atoms with Crippen LogP contribution in [0.15, 0.2) is 128 Å². The second-order valence-electron chi connectivity index (χ2n) is 19.3. The molecule has 61 heavy (non-hydrogen) atoms. The van der Waals surface area contributed by atoms with E-state index in [9.17, 15) is 0 Å². The Bertz CT molecular complexity index is 3180. The molecule has 0 saturated carbocycles. The van der Waals surface area contributed by atoms with Gasteiger partial charge in [0.05, 0.1) is 18.1 Å². The Balaban J connectivity index is 0.00000445. The number of pyridine rings is 1. The van der Waals surface area contributed by atoms with Crippen LogP contribution < -0.4 is 9.30 Å². The first-order valence-electron chi connectivity index (χ1n) is 21.0. The van der Waals surface area contributed by atoms with Gasteiger partial charge in [0.2, 0.25) is 6.33 Å². The standard InChI is InChI=1S/C55H48N4O.Pt/c1-52(2,3)39-18-14-20-41-49(39)55(50-40(53(4,5)6)19-15-21-42(50)54(41,7)8)38-29-27-35(32-47(38)58-33-57(9)45-24-16-22-43(55)51(45)58)60-34-26-28-37-36-17-10-11-23-44(36)59(46(37)31-34)48-25-12-13-30-56-48;/h10-30H,1-9H3;/q-2;. The number of aromatic nitrogens is 4. The van der Waals surface area contributed by atoms with Crippen LogP contribution in [0.25, 0.3) is 44.3 Å². The first kappa shape index (κ1) is 39.4. The maximum absolute atomic E-state index is 6.85. The second-order valence-corrected chi connectivity index (χ2v) is 19.3. The fraction of sp³-hybridized carbons (Fsp3) is 0.236. The van der Waals surface area contributed by atoms with Crippen LogP contribution in [0.4, 0.5) is 0 Å². The van der Waals surface area contributed by atoms with Gasteiger partial charge in [-0.1, -0.05) is 145 Å². The summed E-state index contributed by atoms with van der Waals surface area (Å²) in [6.07, 6.45) is 5.54. The summed E-state index contributed by atoms with van der Waals surface area (Å²) < 4.78 is 13.4. The Morgan fingerprint density at radius 3 is 1.92 bits per heavy atom. The van der Waals surface area contributed by atoms with Crippen LogP contribution in [0.3, 0.4) is 0 Å². The molecule has 0 N–H and O–H groups in total. The number of hydrogen-bond acceptors (Lipinski definition) is 2. The Hall–Kier alpha value is -5.77. The quantitative estimate of drug-likeness (QED) is 0.131. The molecule has 6 aromatic carbocycles. The number of nitrogens with zero attached hydrogens (tertiary/aromatic N) is 4. The number of rotatable bonds is 3. The van der Waals surface area contributed by atoms with Gasteiger partial charge in [0.15, 0.2) is 0 Å². The number of para-hydroxylation sites is 2. The molecule has 1 spiro atoms. The van der Waals surface area contributed by atoms with Gasteiger partial charge in [-0.25, -0.2) is 4.98 Å². The van der Waals surface area contributed by atoms with Gasteiger partial charge in [-0.2, -0.15) is 12.1 Å². The molecule has 0 amide bonds. The smallest absolute Gasteiger partial charge is 0.242 e. The number of ether oxygens (including phenoxy) is 1. The van der Waals surface area contributed by atoms with Crippen LogP contribution in [0.1, 0.15) is 99.9 Å². The third kappa shape index (κ3) is 5.42. The van der Waals surface area contributed by atoms with Crippen LogP contribution >= 0.6 is 0 Å². The molecule has 0 radical (unpaired) electrons. The Morgan fingerprint density at radius 1 is 0.623 bits per heavy atom. The summed E-state index contributed by atoms with van der Waals surface area (Å²) in [5.41, 5.74) is 14.5. The topological polar surface area (TPSA) is 35.9 Å². The number of benzene rings is 6. The summed E-state index contributed by atoms with van der Waals surface area (Å²) in [7, 11) is 2.10. The van der Waals surface area contributed by atoms with Crippen molar-refractivity contribution in [3.8, 4) is 23.0 Å². The van der Waals surface area contributed by atoms with E-state index in [2.05, 4.69) is 192 Å². The molecule has 1 aliphatic heterocycles. The molecular weight excluding hydrogens is 928 g/mol. The van der Waals surface area contributed by atoms with E-state index < -0.39 is 5.41 Å². The van der Waals surface area contributed by atoms with Gasteiger partial charge < -0.3 is 18.4 Å². The molecule has 0 bridgehead atoms. The normalized spacial score (nSPS) is 14.8. The van der Waals surface area contributed by atoms with Gasteiger partial charge in [0.1, 0.15) is 5.82 Å². The van der Waals surface area contributed by atoms with Crippen LogP contribution in [-0.2, 0) is 49.8 Å². The molecule has 0 unspecified atom stereocenters. The van der Waals surface area contributed by atoms with Gasteiger partial charge in [0.25, 0.3) is 0 Å². The van der Waals surface area contributed by atoms with Crippen molar-refractivity contribution in [3.05, 3.63) is 190 Å².